The van der Waals surface area contributed by atoms with E-state index >= 15 is 0 Å². The molecule has 10 heteroatoms. The third kappa shape index (κ3) is 3.92. The van der Waals surface area contributed by atoms with Gasteiger partial charge in [0.05, 0.1) is 29.3 Å². The average molecular weight is 377 g/mol. The van der Waals surface area contributed by atoms with Crippen molar-refractivity contribution in [2.24, 2.45) is 0 Å². The van der Waals surface area contributed by atoms with Crippen molar-refractivity contribution in [3.8, 4) is 11.3 Å². The summed E-state index contributed by atoms with van der Waals surface area (Å²) in [6, 6.07) is 7.53. The molecule has 138 valence electrons. The van der Waals surface area contributed by atoms with Crippen molar-refractivity contribution in [1.82, 2.24) is 15.3 Å². The Morgan fingerprint density at radius 3 is 2.50 bits per heavy atom. The topological polar surface area (TPSA) is 147 Å². The van der Waals surface area contributed by atoms with Crippen LogP contribution in [0, 0.1) is 0 Å². The maximum atomic E-state index is 12.3. The van der Waals surface area contributed by atoms with E-state index in [-0.39, 0.29) is 17.5 Å². The van der Waals surface area contributed by atoms with Gasteiger partial charge in [-0.25, -0.2) is 13.4 Å². The number of nitrogen functional groups attached to an aromatic ring is 1. The first kappa shape index (κ1) is 18.1. The van der Waals surface area contributed by atoms with Gasteiger partial charge in [-0.1, -0.05) is 12.1 Å². The van der Waals surface area contributed by atoms with Crippen LogP contribution in [0.15, 0.2) is 30.3 Å². The van der Waals surface area contributed by atoms with Gasteiger partial charge in [0.2, 0.25) is 5.95 Å². The summed E-state index contributed by atoms with van der Waals surface area (Å²) in [5, 5.41) is 15.2. The number of carbonyl (C=O) groups is 1. The lowest BCUT2D eigenvalue weighted by Crippen LogP contribution is -2.42. The Bertz CT molecular complexity index is 930. The Hall–Kier alpha value is -2.72. The van der Waals surface area contributed by atoms with Crippen molar-refractivity contribution in [2.75, 3.05) is 29.6 Å². The highest BCUT2D eigenvalue weighted by molar-refractivity contribution is 7.91. The summed E-state index contributed by atoms with van der Waals surface area (Å²) in [5.74, 6) is -0.336. The zero-order valence-corrected chi connectivity index (χ0v) is 14.8. The van der Waals surface area contributed by atoms with Crippen molar-refractivity contribution < 1.29 is 18.3 Å². The van der Waals surface area contributed by atoms with E-state index < -0.39 is 27.9 Å². The molecule has 1 aromatic heterocycles. The minimum atomic E-state index is -3.32. The van der Waals surface area contributed by atoms with Crippen molar-refractivity contribution in [2.45, 2.75) is 12.1 Å². The van der Waals surface area contributed by atoms with Gasteiger partial charge in [-0.2, -0.15) is 4.98 Å². The number of carbonyl (C=O) groups excluding carboxylic acids is 1. The third-order valence-electron chi connectivity index (χ3n) is 4.08. The predicted molar refractivity (Wildman–Crippen MR) is 97.3 cm³/mol. The SMILES string of the molecule is CNc1cc(-c2ccc(C(=O)N[C@@H]3CS(=O)(=O)C[C@H]3O)cc2)nc(N)n1. The molecular formula is C16H19N5O4S. The Labute approximate surface area is 150 Å². The molecule has 3 rings (SSSR count). The summed E-state index contributed by atoms with van der Waals surface area (Å²) >= 11 is 0. The number of rotatable bonds is 4. The first-order chi connectivity index (χ1) is 12.3. The summed E-state index contributed by atoms with van der Waals surface area (Å²) in [6.45, 7) is 0. The van der Waals surface area contributed by atoms with E-state index in [1.165, 1.54) is 0 Å². The Morgan fingerprint density at radius 1 is 1.23 bits per heavy atom. The van der Waals surface area contributed by atoms with E-state index in [0.29, 0.717) is 17.1 Å². The molecule has 0 saturated carbocycles. The highest BCUT2D eigenvalue weighted by atomic mass is 32.2. The van der Waals surface area contributed by atoms with Crippen LogP contribution in [0.2, 0.25) is 0 Å². The number of amides is 1. The van der Waals surface area contributed by atoms with Crippen LogP contribution in [0.1, 0.15) is 10.4 Å². The van der Waals surface area contributed by atoms with E-state index in [1.54, 1.807) is 37.4 Å². The highest BCUT2D eigenvalue weighted by Gasteiger charge is 2.37. The van der Waals surface area contributed by atoms with Crippen molar-refractivity contribution in [1.29, 1.82) is 0 Å². The molecule has 2 heterocycles. The molecule has 0 aliphatic carbocycles. The lowest BCUT2D eigenvalue weighted by atomic mass is 10.1. The molecule has 1 amide bonds. The second kappa shape index (κ2) is 6.89. The number of aliphatic hydroxyl groups is 1. The van der Waals surface area contributed by atoms with Crippen LogP contribution >= 0.6 is 0 Å². The molecule has 1 aromatic carbocycles. The smallest absolute Gasteiger partial charge is 0.251 e. The van der Waals surface area contributed by atoms with Crippen molar-refractivity contribution >= 4 is 27.5 Å². The van der Waals surface area contributed by atoms with Crippen molar-refractivity contribution in [3.05, 3.63) is 35.9 Å². The van der Waals surface area contributed by atoms with Gasteiger partial charge < -0.3 is 21.5 Å². The molecule has 1 aliphatic heterocycles. The molecule has 0 radical (unpaired) electrons. The Morgan fingerprint density at radius 2 is 1.92 bits per heavy atom. The second-order valence-corrected chi connectivity index (χ2v) is 8.20. The maximum Gasteiger partial charge on any atom is 0.251 e. The van der Waals surface area contributed by atoms with E-state index in [2.05, 4.69) is 20.6 Å². The third-order valence-corrected chi connectivity index (χ3v) is 5.80. The van der Waals surface area contributed by atoms with Crippen LogP contribution in [-0.4, -0.2) is 60.1 Å². The highest BCUT2D eigenvalue weighted by Crippen LogP contribution is 2.21. The molecular weight excluding hydrogens is 358 g/mol. The number of nitrogens with one attached hydrogen (secondary N) is 2. The number of aliphatic hydroxyl groups excluding tert-OH is 1. The molecule has 1 fully saturated rings. The summed E-state index contributed by atoms with van der Waals surface area (Å²) in [4.78, 5) is 20.5. The minimum Gasteiger partial charge on any atom is -0.390 e. The fourth-order valence-electron chi connectivity index (χ4n) is 2.75. The monoisotopic (exact) mass is 377 g/mol. The van der Waals surface area contributed by atoms with E-state index in [0.717, 1.165) is 5.56 Å². The molecule has 0 bridgehead atoms. The number of benzene rings is 1. The molecule has 1 saturated heterocycles. The molecule has 9 nitrogen and oxygen atoms in total. The largest absolute Gasteiger partial charge is 0.390 e. The first-order valence-electron chi connectivity index (χ1n) is 7.89. The Balaban J connectivity index is 1.75. The van der Waals surface area contributed by atoms with Crippen LogP contribution in [0.5, 0.6) is 0 Å². The van der Waals surface area contributed by atoms with Crippen LogP contribution < -0.4 is 16.4 Å². The fourth-order valence-corrected chi connectivity index (χ4v) is 4.49. The van der Waals surface area contributed by atoms with Gasteiger partial charge in [-0.15, -0.1) is 0 Å². The lowest BCUT2D eigenvalue weighted by Gasteiger charge is -2.15. The van der Waals surface area contributed by atoms with Gasteiger partial charge in [-0.05, 0) is 12.1 Å². The molecule has 0 spiro atoms. The number of sulfone groups is 1. The van der Waals surface area contributed by atoms with Gasteiger partial charge in [0.25, 0.3) is 5.91 Å². The quantitative estimate of drug-likeness (QED) is 0.565. The summed E-state index contributed by atoms with van der Waals surface area (Å²) in [5.41, 5.74) is 7.37. The molecule has 1 aliphatic rings. The Kier molecular flexibility index (Phi) is 4.79. The van der Waals surface area contributed by atoms with Gasteiger partial charge in [-0.3, -0.25) is 4.79 Å². The fraction of sp³-hybridized carbons (Fsp3) is 0.312. The lowest BCUT2D eigenvalue weighted by molar-refractivity contribution is 0.0889. The number of hydrogen-bond acceptors (Lipinski definition) is 8. The minimum absolute atomic E-state index is 0.130. The van der Waals surface area contributed by atoms with E-state index in [1.807, 2.05) is 0 Å². The van der Waals surface area contributed by atoms with E-state index in [9.17, 15) is 18.3 Å². The molecule has 2 aromatic rings. The number of nitrogens with two attached hydrogens (primary N) is 1. The van der Waals surface area contributed by atoms with Crippen LogP contribution in [0.3, 0.4) is 0 Å². The van der Waals surface area contributed by atoms with Crippen LogP contribution in [-0.2, 0) is 9.84 Å². The number of aromatic nitrogens is 2. The van der Waals surface area contributed by atoms with Crippen LogP contribution in [0.4, 0.5) is 11.8 Å². The number of hydrogen-bond donors (Lipinski definition) is 4. The molecule has 0 unspecified atom stereocenters. The van der Waals surface area contributed by atoms with E-state index in [4.69, 9.17) is 5.73 Å². The second-order valence-electron chi connectivity index (χ2n) is 6.05. The number of nitrogens with zero attached hydrogens (tertiary/aromatic N) is 2. The first-order valence-corrected chi connectivity index (χ1v) is 9.71. The van der Waals surface area contributed by atoms with Gasteiger partial charge in [0.15, 0.2) is 9.84 Å². The van der Waals surface area contributed by atoms with Crippen molar-refractivity contribution in [3.63, 3.8) is 0 Å². The summed E-state index contributed by atoms with van der Waals surface area (Å²) < 4.78 is 23.0. The maximum absolute atomic E-state index is 12.3. The molecule has 26 heavy (non-hydrogen) atoms. The summed E-state index contributed by atoms with van der Waals surface area (Å²) in [6.07, 6.45) is -1.09. The zero-order chi connectivity index (χ0) is 18.9. The normalized spacial score (nSPS) is 21.3. The molecule has 5 N–H and O–H groups in total. The average Bonchev–Trinajstić information content (AvgIpc) is 2.86. The number of anilines is 2. The van der Waals surface area contributed by atoms with Gasteiger partial charge in [0.1, 0.15) is 5.82 Å². The zero-order valence-electron chi connectivity index (χ0n) is 14.0. The predicted octanol–water partition coefficient (Wildman–Crippen LogP) is -0.345. The van der Waals surface area contributed by atoms with Gasteiger partial charge in [0, 0.05) is 24.2 Å². The summed E-state index contributed by atoms with van der Waals surface area (Å²) in [7, 11) is -1.60. The standard InChI is InChI=1S/C16H19N5O4S/c1-18-14-6-11(20-16(17)21-14)9-2-4-10(5-3-9)15(23)19-12-7-26(24,25)8-13(12)22/h2-6,12-13,22H,7-8H2,1H3,(H,19,23)(H3,17,18,20,21)/t12-,13-/m1/s1. The molecule has 2 atom stereocenters. The van der Waals surface area contributed by atoms with Crippen LogP contribution in [0.25, 0.3) is 11.3 Å². The van der Waals surface area contributed by atoms with Gasteiger partial charge >= 0.3 is 0 Å².